The van der Waals surface area contributed by atoms with Crippen LogP contribution < -0.4 is 5.19 Å². The van der Waals surface area contributed by atoms with Crippen molar-refractivity contribution in [2.45, 2.75) is 19.6 Å². The van der Waals surface area contributed by atoms with Gasteiger partial charge in [0.15, 0.2) is 0 Å². The number of benzene rings is 3. The van der Waals surface area contributed by atoms with Crippen molar-refractivity contribution in [1.29, 1.82) is 0 Å². The molecule has 0 saturated heterocycles. The average Bonchev–Trinajstić information content (AvgIpc) is 3.16. The van der Waals surface area contributed by atoms with Crippen LogP contribution in [0.4, 0.5) is 0 Å². The topological polar surface area (TPSA) is 38.9 Å². The molecule has 0 unspecified atom stereocenters. The van der Waals surface area contributed by atoms with Gasteiger partial charge in [-0.3, -0.25) is 0 Å². The van der Waals surface area contributed by atoms with Gasteiger partial charge in [0.2, 0.25) is 5.71 Å². The Labute approximate surface area is 181 Å². The van der Waals surface area contributed by atoms with Gasteiger partial charge in [-0.2, -0.15) is 0 Å². The van der Waals surface area contributed by atoms with Gasteiger partial charge < -0.3 is 4.42 Å². The third-order valence-electron chi connectivity index (χ3n) is 6.06. The summed E-state index contributed by atoms with van der Waals surface area (Å²) in [6.45, 7) is 7.21. The summed E-state index contributed by atoms with van der Waals surface area (Å²) in [5.41, 5.74) is 4.54. The molecule has 0 radical (unpaired) electrons. The van der Waals surface area contributed by atoms with Gasteiger partial charge in [0.1, 0.15) is 5.58 Å². The fraction of sp³-hybridized carbons (Fsp3) is 0.111. The Morgan fingerprint density at radius 1 is 0.774 bits per heavy atom. The Hall–Kier alpha value is -3.50. The third kappa shape index (κ3) is 2.79. The van der Waals surface area contributed by atoms with Gasteiger partial charge in [0.05, 0.1) is 19.3 Å². The van der Waals surface area contributed by atoms with E-state index in [1.807, 2.05) is 6.07 Å². The molecule has 150 valence electrons. The number of pyridine rings is 2. The third-order valence-corrected chi connectivity index (χ3v) is 8.07. The molecule has 4 heteroatoms. The van der Waals surface area contributed by atoms with Gasteiger partial charge in [0, 0.05) is 27.9 Å². The zero-order valence-corrected chi connectivity index (χ0v) is 18.8. The number of aromatic nitrogens is 2. The largest absolute Gasteiger partial charge is 0.437 e. The molecule has 0 fully saturated rings. The molecule has 0 aliphatic carbocycles. The Balaban J connectivity index is 1.72. The molecule has 0 atom stereocenters. The zero-order chi connectivity index (χ0) is 21.2. The van der Waals surface area contributed by atoms with Crippen molar-refractivity contribution >= 4 is 57.0 Å². The minimum atomic E-state index is -1.66. The molecule has 0 aliphatic rings. The van der Waals surface area contributed by atoms with E-state index in [1.165, 1.54) is 21.3 Å². The van der Waals surface area contributed by atoms with Gasteiger partial charge in [-0.25, -0.2) is 9.97 Å². The predicted octanol–water partition coefficient (Wildman–Crippen LogP) is 6.89. The van der Waals surface area contributed by atoms with E-state index in [0.717, 1.165) is 33.1 Å². The number of hydrogen-bond donors (Lipinski definition) is 0. The van der Waals surface area contributed by atoms with E-state index in [9.17, 15) is 0 Å². The monoisotopic (exact) mass is 418 g/mol. The van der Waals surface area contributed by atoms with Gasteiger partial charge in [-0.05, 0) is 46.3 Å². The maximum atomic E-state index is 6.21. The van der Waals surface area contributed by atoms with Crippen LogP contribution in [-0.4, -0.2) is 18.0 Å². The van der Waals surface area contributed by atoms with Crippen molar-refractivity contribution in [2.24, 2.45) is 0 Å². The van der Waals surface area contributed by atoms with Crippen molar-refractivity contribution in [3.8, 4) is 11.3 Å². The molecule has 0 amide bonds. The Morgan fingerprint density at radius 3 is 2.45 bits per heavy atom. The summed E-state index contributed by atoms with van der Waals surface area (Å²) in [6.07, 6.45) is 1.77. The molecule has 0 saturated carbocycles. The van der Waals surface area contributed by atoms with Gasteiger partial charge >= 0.3 is 0 Å². The van der Waals surface area contributed by atoms with Crippen LogP contribution in [0, 0.1) is 0 Å². The number of nitrogens with zero attached hydrogens (tertiary/aromatic N) is 2. The number of furan rings is 1. The molecule has 3 aromatic carbocycles. The fourth-order valence-electron chi connectivity index (χ4n) is 4.57. The van der Waals surface area contributed by atoms with E-state index in [4.69, 9.17) is 9.40 Å². The van der Waals surface area contributed by atoms with Crippen molar-refractivity contribution in [2.75, 3.05) is 0 Å². The van der Waals surface area contributed by atoms with E-state index < -0.39 is 8.07 Å². The minimum Gasteiger partial charge on any atom is -0.437 e. The highest BCUT2D eigenvalue weighted by Crippen LogP contribution is 2.35. The van der Waals surface area contributed by atoms with Crippen molar-refractivity contribution in [3.05, 3.63) is 79.0 Å². The maximum Gasteiger partial charge on any atom is 0.227 e. The molecular weight excluding hydrogens is 396 g/mol. The lowest BCUT2D eigenvalue weighted by Crippen LogP contribution is -2.38. The standard InChI is InChI=1S/C27H22N2OSi/c1-31(2,3)24-16-23(29-22-14-13-17-8-4-5-9-18(17)25(22)24)21-11-6-10-19-20-12-7-15-28-27(20)30-26(19)21/h4-16H,1-3H3. The molecule has 0 spiro atoms. The first-order valence-corrected chi connectivity index (χ1v) is 14.1. The molecule has 6 rings (SSSR count). The molecule has 6 aromatic rings. The van der Waals surface area contributed by atoms with E-state index >= 15 is 0 Å². The lowest BCUT2D eigenvalue weighted by atomic mass is 10.0. The molecule has 0 aliphatic heterocycles. The Morgan fingerprint density at radius 2 is 1.58 bits per heavy atom. The van der Waals surface area contributed by atoms with Crippen LogP contribution >= 0.6 is 0 Å². The van der Waals surface area contributed by atoms with Crippen LogP contribution in [0.25, 0.3) is 55.0 Å². The van der Waals surface area contributed by atoms with Crippen molar-refractivity contribution in [3.63, 3.8) is 0 Å². The number of para-hydroxylation sites is 1. The summed E-state index contributed by atoms with van der Waals surface area (Å²) < 4.78 is 6.21. The first-order valence-electron chi connectivity index (χ1n) is 10.6. The number of fused-ring (bicyclic) bond motifs is 6. The number of hydrogen-bond acceptors (Lipinski definition) is 3. The highest BCUT2D eigenvalue weighted by atomic mass is 28.3. The molecular formula is C27H22N2OSi. The van der Waals surface area contributed by atoms with Crippen LogP contribution in [0.1, 0.15) is 0 Å². The second-order valence-corrected chi connectivity index (χ2v) is 14.2. The van der Waals surface area contributed by atoms with E-state index in [-0.39, 0.29) is 0 Å². The Kier molecular flexibility index (Phi) is 3.83. The van der Waals surface area contributed by atoms with Crippen LogP contribution in [0.3, 0.4) is 0 Å². The summed E-state index contributed by atoms with van der Waals surface area (Å²) >= 11 is 0. The van der Waals surface area contributed by atoms with E-state index in [0.29, 0.717) is 5.71 Å². The van der Waals surface area contributed by atoms with Gasteiger partial charge in [0.25, 0.3) is 0 Å². The molecule has 0 N–H and O–H groups in total. The summed E-state index contributed by atoms with van der Waals surface area (Å²) in [5.74, 6) is 0. The Bertz CT molecular complexity index is 1630. The summed E-state index contributed by atoms with van der Waals surface area (Å²) in [4.78, 5) is 9.55. The SMILES string of the molecule is C[Si](C)(C)c1cc(-c2cccc3c2oc2ncccc23)nc2ccc3ccccc3c12. The predicted molar refractivity (Wildman–Crippen MR) is 133 cm³/mol. The van der Waals surface area contributed by atoms with Crippen LogP contribution in [0.5, 0.6) is 0 Å². The lowest BCUT2D eigenvalue weighted by Gasteiger charge is -2.21. The summed E-state index contributed by atoms with van der Waals surface area (Å²) in [7, 11) is -1.66. The molecule has 3 nitrogen and oxygen atoms in total. The van der Waals surface area contributed by atoms with Crippen molar-refractivity contribution in [1.82, 2.24) is 9.97 Å². The second-order valence-electron chi connectivity index (χ2n) is 9.13. The van der Waals surface area contributed by atoms with E-state index in [2.05, 4.69) is 91.4 Å². The molecule has 31 heavy (non-hydrogen) atoms. The zero-order valence-electron chi connectivity index (χ0n) is 17.8. The highest BCUT2D eigenvalue weighted by Gasteiger charge is 2.23. The summed E-state index contributed by atoms with van der Waals surface area (Å²) in [6, 6.07) is 25.5. The van der Waals surface area contributed by atoms with E-state index in [1.54, 1.807) is 6.20 Å². The summed E-state index contributed by atoms with van der Waals surface area (Å²) in [5, 5.41) is 7.37. The molecule has 0 bridgehead atoms. The molecule has 3 aromatic heterocycles. The first-order chi connectivity index (χ1) is 15.0. The van der Waals surface area contributed by atoms with Gasteiger partial charge in [-0.1, -0.05) is 62.1 Å². The van der Waals surface area contributed by atoms with Crippen molar-refractivity contribution < 1.29 is 4.42 Å². The number of rotatable bonds is 2. The second kappa shape index (κ2) is 6.50. The smallest absolute Gasteiger partial charge is 0.227 e. The fourth-order valence-corrected chi connectivity index (χ4v) is 6.15. The highest BCUT2D eigenvalue weighted by molar-refractivity contribution is 6.90. The van der Waals surface area contributed by atoms with Crippen LogP contribution in [0.2, 0.25) is 19.6 Å². The normalized spacial score (nSPS) is 12.4. The quantitative estimate of drug-likeness (QED) is 0.227. The van der Waals surface area contributed by atoms with Gasteiger partial charge in [-0.15, -0.1) is 0 Å². The minimum absolute atomic E-state index is 0.669. The van der Waals surface area contributed by atoms with Crippen LogP contribution in [-0.2, 0) is 0 Å². The first kappa shape index (κ1) is 18.3. The molecule has 3 heterocycles. The van der Waals surface area contributed by atoms with Crippen LogP contribution in [0.15, 0.2) is 83.4 Å². The average molecular weight is 419 g/mol. The maximum absolute atomic E-state index is 6.21. The lowest BCUT2D eigenvalue weighted by molar-refractivity contribution is 0.655.